The molecular weight excluding hydrogens is 441 g/mol. The first kappa shape index (κ1) is 23.7. The van der Waals surface area contributed by atoms with E-state index in [0.29, 0.717) is 6.61 Å². The fourth-order valence-corrected chi connectivity index (χ4v) is 4.13. The summed E-state index contributed by atoms with van der Waals surface area (Å²) in [5.74, 6) is 0.208. The van der Waals surface area contributed by atoms with Gasteiger partial charge in [-0.2, -0.15) is 21.6 Å². The largest absolute Gasteiger partial charge is 0.534 e. The number of rotatable bonds is 4. The molecule has 0 N–H and O–H groups in total. The van der Waals surface area contributed by atoms with Crippen LogP contribution in [-0.4, -0.2) is 20.5 Å². The molecule has 32 heavy (non-hydrogen) atoms. The first-order valence-corrected chi connectivity index (χ1v) is 11.5. The average molecular weight is 465 g/mol. The van der Waals surface area contributed by atoms with Gasteiger partial charge in [0.25, 0.3) is 0 Å². The van der Waals surface area contributed by atoms with Gasteiger partial charge in [0.1, 0.15) is 11.5 Å². The molecule has 0 saturated heterocycles. The molecule has 0 saturated carbocycles. The first-order valence-electron chi connectivity index (χ1n) is 10.1. The minimum Gasteiger partial charge on any atom is -0.493 e. The summed E-state index contributed by atoms with van der Waals surface area (Å²) >= 11 is 0. The van der Waals surface area contributed by atoms with E-state index in [4.69, 9.17) is 4.74 Å². The quantitative estimate of drug-likeness (QED) is 0.338. The lowest BCUT2D eigenvalue weighted by Gasteiger charge is -2.34. The second kappa shape index (κ2) is 9.65. The standard InChI is InChI=1S/C22H17F3O4S.C2H6/c23-22(24,25)30(26,27)29-17-12-10-16(11-13-17)21-18-8-4-5-9-20(18)28-14-19(21)15-6-2-1-3-7-15;1-2/h1-13,19,21H,14H2;1-2H3. The number of para-hydroxylation sites is 1. The molecule has 0 aliphatic carbocycles. The van der Waals surface area contributed by atoms with Crippen LogP contribution in [0, 0.1) is 0 Å². The molecule has 2 atom stereocenters. The Hall–Kier alpha value is -3.00. The van der Waals surface area contributed by atoms with E-state index in [1.165, 1.54) is 12.1 Å². The Labute approximate surface area is 185 Å². The predicted molar refractivity (Wildman–Crippen MR) is 116 cm³/mol. The Bertz CT molecular complexity index is 1130. The summed E-state index contributed by atoms with van der Waals surface area (Å²) in [4.78, 5) is 0. The SMILES string of the molecule is CC.O=S(=O)(Oc1ccc(C2c3ccccc3OCC2c2ccccc2)cc1)C(F)(F)F. The topological polar surface area (TPSA) is 52.6 Å². The van der Waals surface area contributed by atoms with Crippen molar-refractivity contribution in [3.8, 4) is 11.5 Å². The molecule has 1 aliphatic heterocycles. The van der Waals surface area contributed by atoms with E-state index < -0.39 is 21.4 Å². The van der Waals surface area contributed by atoms with Gasteiger partial charge in [-0.25, -0.2) is 0 Å². The van der Waals surface area contributed by atoms with E-state index >= 15 is 0 Å². The van der Waals surface area contributed by atoms with Crippen LogP contribution in [0.1, 0.15) is 42.4 Å². The van der Waals surface area contributed by atoms with Crippen molar-refractivity contribution in [2.24, 2.45) is 0 Å². The van der Waals surface area contributed by atoms with Crippen molar-refractivity contribution in [2.45, 2.75) is 31.2 Å². The van der Waals surface area contributed by atoms with Gasteiger partial charge in [0, 0.05) is 17.4 Å². The van der Waals surface area contributed by atoms with Crippen LogP contribution in [-0.2, 0) is 10.1 Å². The lowest BCUT2D eigenvalue weighted by molar-refractivity contribution is -0.0500. The molecule has 1 aliphatic rings. The normalized spacial score (nSPS) is 17.9. The molecule has 4 nitrogen and oxygen atoms in total. The van der Waals surface area contributed by atoms with Crippen LogP contribution in [0.25, 0.3) is 0 Å². The summed E-state index contributed by atoms with van der Waals surface area (Å²) in [6.07, 6.45) is 0. The van der Waals surface area contributed by atoms with Crippen LogP contribution in [0.3, 0.4) is 0 Å². The Morgan fingerprint density at radius 3 is 2.06 bits per heavy atom. The van der Waals surface area contributed by atoms with Crippen LogP contribution < -0.4 is 8.92 Å². The molecule has 3 aromatic rings. The number of hydrogen-bond donors (Lipinski definition) is 0. The lowest BCUT2D eigenvalue weighted by atomic mass is 9.76. The summed E-state index contributed by atoms with van der Waals surface area (Å²) in [5, 5.41) is 0. The molecule has 3 aromatic carbocycles. The van der Waals surface area contributed by atoms with Gasteiger partial charge in [-0.05, 0) is 29.3 Å². The van der Waals surface area contributed by atoms with Crippen molar-refractivity contribution in [3.05, 3.63) is 95.6 Å². The maximum Gasteiger partial charge on any atom is 0.534 e. The molecule has 0 spiro atoms. The van der Waals surface area contributed by atoms with Crippen LogP contribution in [0.15, 0.2) is 78.9 Å². The van der Waals surface area contributed by atoms with Gasteiger partial charge in [-0.3, -0.25) is 0 Å². The molecule has 4 rings (SSSR count). The van der Waals surface area contributed by atoms with Crippen LogP contribution in [0.2, 0.25) is 0 Å². The molecule has 0 amide bonds. The minimum absolute atomic E-state index is 0.0215. The molecule has 2 unspecified atom stereocenters. The number of ether oxygens (including phenoxy) is 1. The van der Waals surface area contributed by atoms with Crippen LogP contribution >= 0.6 is 0 Å². The zero-order valence-electron chi connectivity index (χ0n) is 17.5. The van der Waals surface area contributed by atoms with Crippen molar-refractivity contribution in [1.82, 2.24) is 0 Å². The summed E-state index contributed by atoms with van der Waals surface area (Å²) in [6, 6.07) is 23.0. The molecule has 0 fully saturated rings. The third kappa shape index (κ3) is 4.91. The third-order valence-electron chi connectivity index (χ3n) is 5.03. The second-order valence-electron chi connectivity index (χ2n) is 6.90. The highest BCUT2D eigenvalue weighted by Gasteiger charge is 2.48. The zero-order chi connectivity index (χ0) is 23.4. The van der Waals surface area contributed by atoms with E-state index in [1.54, 1.807) is 12.1 Å². The monoisotopic (exact) mass is 464 g/mol. The Morgan fingerprint density at radius 2 is 1.44 bits per heavy atom. The molecular formula is C24H23F3O4S. The van der Waals surface area contributed by atoms with E-state index in [1.807, 2.05) is 68.4 Å². The van der Waals surface area contributed by atoms with E-state index in [2.05, 4.69) is 4.18 Å². The molecule has 1 heterocycles. The molecule has 0 radical (unpaired) electrons. The number of alkyl halides is 3. The van der Waals surface area contributed by atoms with Crippen molar-refractivity contribution in [1.29, 1.82) is 0 Å². The van der Waals surface area contributed by atoms with Crippen molar-refractivity contribution >= 4 is 10.1 Å². The highest BCUT2D eigenvalue weighted by atomic mass is 32.2. The Balaban J connectivity index is 0.00000141. The Kier molecular flexibility index (Phi) is 7.13. The molecule has 170 valence electrons. The first-order chi connectivity index (χ1) is 15.3. The minimum atomic E-state index is -5.71. The number of fused-ring (bicyclic) bond motifs is 1. The fourth-order valence-electron chi connectivity index (χ4n) is 3.67. The summed E-state index contributed by atoms with van der Waals surface area (Å²) in [6.45, 7) is 4.44. The predicted octanol–water partition coefficient (Wildman–Crippen LogP) is 6.25. The lowest BCUT2D eigenvalue weighted by Crippen LogP contribution is -2.28. The number of hydrogen-bond acceptors (Lipinski definition) is 4. The zero-order valence-corrected chi connectivity index (χ0v) is 18.4. The van der Waals surface area contributed by atoms with Gasteiger partial charge in [-0.1, -0.05) is 74.5 Å². The fraction of sp³-hybridized carbons (Fsp3) is 0.250. The molecule has 0 aromatic heterocycles. The third-order valence-corrected chi connectivity index (χ3v) is 6.01. The summed E-state index contributed by atoms with van der Waals surface area (Å²) in [7, 11) is -5.71. The highest BCUT2D eigenvalue weighted by Crippen LogP contribution is 2.46. The van der Waals surface area contributed by atoms with Crippen molar-refractivity contribution in [2.75, 3.05) is 6.61 Å². The van der Waals surface area contributed by atoms with Crippen molar-refractivity contribution < 1.29 is 30.5 Å². The van der Waals surface area contributed by atoms with Gasteiger partial charge >= 0.3 is 15.6 Å². The molecule has 0 bridgehead atoms. The summed E-state index contributed by atoms with van der Waals surface area (Å²) < 4.78 is 70.3. The highest BCUT2D eigenvalue weighted by molar-refractivity contribution is 7.88. The van der Waals surface area contributed by atoms with E-state index in [-0.39, 0.29) is 11.8 Å². The second-order valence-corrected chi connectivity index (χ2v) is 8.43. The van der Waals surface area contributed by atoms with E-state index in [0.717, 1.165) is 22.4 Å². The van der Waals surface area contributed by atoms with Crippen LogP contribution in [0.5, 0.6) is 11.5 Å². The maximum atomic E-state index is 12.6. The van der Waals surface area contributed by atoms with Crippen LogP contribution in [0.4, 0.5) is 13.2 Å². The van der Waals surface area contributed by atoms with Gasteiger partial charge in [0.2, 0.25) is 0 Å². The Morgan fingerprint density at radius 1 is 0.844 bits per heavy atom. The van der Waals surface area contributed by atoms with Gasteiger partial charge in [-0.15, -0.1) is 0 Å². The van der Waals surface area contributed by atoms with Crippen molar-refractivity contribution in [3.63, 3.8) is 0 Å². The van der Waals surface area contributed by atoms with Gasteiger partial charge < -0.3 is 8.92 Å². The average Bonchev–Trinajstić information content (AvgIpc) is 2.80. The van der Waals surface area contributed by atoms with Gasteiger partial charge in [0.05, 0.1) is 6.61 Å². The number of halogens is 3. The smallest absolute Gasteiger partial charge is 0.493 e. The summed E-state index contributed by atoms with van der Waals surface area (Å²) in [5.41, 5.74) is -2.65. The van der Waals surface area contributed by atoms with Gasteiger partial charge in [0.15, 0.2) is 0 Å². The maximum absolute atomic E-state index is 12.6. The van der Waals surface area contributed by atoms with E-state index in [9.17, 15) is 21.6 Å². The number of benzene rings is 3. The molecule has 8 heteroatoms.